The second-order valence-electron chi connectivity index (χ2n) is 5.64. The van der Waals surface area contributed by atoms with Crippen molar-refractivity contribution in [3.05, 3.63) is 52.0 Å². The number of hydrogen-bond donors (Lipinski definition) is 0. The summed E-state index contributed by atoms with van der Waals surface area (Å²) in [5, 5.41) is 9.22. The maximum absolute atomic E-state index is 9.22. The Hall–Kier alpha value is -1.99. The van der Waals surface area contributed by atoms with Crippen LogP contribution in [-0.2, 0) is 6.42 Å². The Bertz CT molecular complexity index is 747. The standard InChI is InChI=1S/C17H14BrNO2/c1-17(2)9-11-4-3-5-15(16(11)21-17)20-14-7-6-13(18)8-12(14)10-19/h3-8H,9H2,1-2H3. The van der Waals surface area contributed by atoms with Crippen molar-refractivity contribution in [2.45, 2.75) is 25.9 Å². The highest BCUT2D eigenvalue weighted by Gasteiger charge is 2.32. The third-order valence-corrected chi connectivity index (χ3v) is 3.83. The first-order chi connectivity index (χ1) is 9.98. The van der Waals surface area contributed by atoms with Gasteiger partial charge in [-0.1, -0.05) is 28.1 Å². The number of halogens is 1. The van der Waals surface area contributed by atoms with E-state index in [0.717, 1.165) is 22.2 Å². The normalized spacial score (nSPS) is 15.0. The molecular weight excluding hydrogens is 330 g/mol. The van der Waals surface area contributed by atoms with Crippen LogP contribution in [0.4, 0.5) is 0 Å². The fourth-order valence-corrected chi connectivity index (χ4v) is 2.83. The van der Waals surface area contributed by atoms with Crippen molar-refractivity contribution in [3.8, 4) is 23.3 Å². The molecule has 0 fully saturated rings. The third kappa shape index (κ3) is 2.74. The molecule has 2 aromatic rings. The van der Waals surface area contributed by atoms with E-state index in [4.69, 9.17) is 9.47 Å². The molecule has 0 N–H and O–H groups in total. The molecular formula is C17H14BrNO2. The smallest absolute Gasteiger partial charge is 0.169 e. The van der Waals surface area contributed by atoms with E-state index in [-0.39, 0.29) is 5.60 Å². The van der Waals surface area contributed by atoms with Crippen molar-refractivity contribution >= 4 is 15.9 Å². The molecule has 0 bridgehead atoms. The monoisotopic (exact) mass is 343 g/mol. The van der Waals surface area contributed by atoms with Crippen LogP contribution < -0.4 is 9.47 Å². The molecule has 1 aliphatic heterocycles. The minimum Gasteiger partial charge on any atom is -0.483 e. The SMILES string of the molecule is CC1(C)Cc2cccc(Oc3ccc(Br)cc3C#N)c2O1. The van der Waals surface area contributed by atoms with Crippen LogP contribution in [0, 0.1) is 11.3 Å². The summed E-state index contributed by atoms with van der Waals surface area (Å²) >= 11 is 3.36. The lowest BCUT2D eigenvalue weighted by Crippen LogP contribution is -2.24. The molecule has 0 radical (unpaired) electrons. The van der Waals surface area contributed by atoms with Crippen molar-refractivity contribution in [2.75, 3.05) is 0 Å². The maximum Gasteiger partial charge on any atom is 0.169 e. The lowest BCUT2D eigenvalue weighted by atomic mass is 10.0. The number of rotatable bonds is 2. The molecule has 106 valence electrons. The van der Waals surface area contributed by atoms with Crippen molar-refractivity contribution in [1.29, 1.82) is 5.26 Å². The first-order valence-corrected chi connectivity index (χ1v) is 7.46. The topological polar surface area (TPSA) is 42.2 Å². The Balaban J connectivity index is 1.98. The Morgan fingerprint density at radius 2 is 2.05 bits per heavy atom. The van der Waals surface area contributed by atoms with E-state index in [1.807, 2.05) is 24.3 Å². The molecule has 0 saturated heterocycles. The van der Waals surface area contributed by atoms with Gasteiger partial charge in [0.15, 0.2) is 11.5 Å². The average molecular weight is 344 g/mol. The van der Waals surface area contributed by atoms with Crippen LogP contribution in [0.5, 0.6) is 17.2 Å². The quantitative estimate of drug-likeness (QED) is 0.784. The van der Waals surface area contributed by atoms with Gasteiger partial charge in [0.2, 0.25) is 0 Å². The molecule has 2 aromatic carbocycles. The van der Waals surface area contributed by atoms with E-state index in [1.165, 1.54) is 0 Å². The molecule has 21 heavy (non-hydrogen) atoms. The molecule has 3 nitrogen and oxygen atoms in total. The lowest BCUT2D eigenvalue weighted by Gasteiger charge is -2.18. The number of nitrogens with zero attached hydrogens (tertiary/aromatic N) is 1. The summed E-state index contributed by atoms with van der Waals surface area (Å²) in [6.07, 6.45) is 0.852. The van der Waals surface area contributed by atoms with Crippen molar-refractivity contribution in [3.63, 3.8) is 0 Å². The Morgan fingerprint density at radius 3 is 2.81 bits per heavy atom. The molecule has 0 atom stereocenters. The molecule has 0 amide bonds. The molecule has 0 saturated carbocycles. The van der Waals surface area contributed by atoms with Crippen LogP contribution in [0.25, 0.3) is 0 Å². The van der Waals surface area contributed by atoms with Gasteiger partial charge in [-0.2, -0.15) is 5.26 Å². The van der Waals surface area contributed by atoms with Gasteiger partial charge in [0.05, 0.1) is 5.56 Å². The van der Waals surface area contributed by atoms with E-state index in [0.29, 0.717) is 17.1 Å². The zero-order valence-corrected chi connectivity index (χ0v) is 13.4. The molecule has 0 aromatic heterocycles. The number of fused-ring (bicyclic) bond motifs is 1. The Labute approximate surface area is 132 Å². The first-order valence-electron chi connectivity index (χ1n) is 6.67. The molecule has 0 aliphatic carbocycles. The molecule has 1 aliphatic rings. The highest BCUT2D eigenvalue weighted by atomic mass is 79.9. The van der Waals surface area contributed by atoms with Gasteiger partial charge >= 0.3 is 0 Å². The summed E-state index contributed by atoms with van der Waals surface area (Å²) < 4.78 is 12.8. The summed E-state index contributed by atoms with van der Waals surface area (Å²) in [7, 11) is 0. The molecule has 0 unspecified atom stereocenters. The third-order valence-electron chi connectivity index (χ3n) is 3.34. The summed E-state index contributed by atoms with van der Waals surface area (Å²) in [6.45, 7) is 4.11. The summed E-state index contributed by atoms with van der Waals surface area (Å²) in [4.78, 5) is 0. The van der Waals surface area contributed by atoms with Crippen LogP contribution >= 0.6 is 15.9 Å². The van der Waals surface area contributed by atoms with Gasteiger partial charge in [-0.3, -0.25) is 0 Å². The largest absolute Gasteiger partial charge is 0.483 e. The zero-order chi connectivity index (χ0) is 15.0. The highest BCUT2D eigenvalue weighted by Crippen LogP contribution is 2.43. The molecule has 1 heterocycles. The van der Waals surface area contributed by atoms with E-state index >= 15 is 0 Å². The predicted octanol–water partition coefficient (Wildman–Crippen LogP) is 4.83. The number of ether oxygens (including phenoxy) is 2. The van der Waals surface area contributed by atoms with Gasteiger partial charge in [0.25, 0.3) is 0 Å². The zero-order valence-electron chi connectivity index (χ0n) is 11.8. The minimum atomic E-state index is -0.223. The Morgan fingerprint density at radius 1 is 1.24 bits per heavy atom. The second kappa shape index (κ2) is 5.09. The van der Waals surface area contributed by atoms with Gasteiger partial charge in [0.1, 0.15) is 17.4 Å². The summed E-state index contributed by atoms with van der Waals surface area (Å²) in [5.41, 5.74) is 1.40. The van der Waals surface area contributed by atoms with Crippen LogP contribution in [0.2, 0.25) is 0 Å². The number of hydrogen-bond acceptors (Lipinski definition) is 3. The van der Waals surface area contributed by atoms with Crippen LogP contribution in [0.1, 0.15) is 25.0 Å². The second-order valence-corrected chi connectivity index (χ2v) is 6.55. The maximum atomic E-state index is 9.22. The summed E-state index contributed by atoms with van der Waals surface area (Å²) in [5.74, 6) is 1.95. The number of para-hydroxylation sites is 1. The van der Waals surface area contributed by atoms with E-state index in [1.54, 1.807) is 12.1 Å². The average Bonchev–Trinajstić information content (AvgIpc) is 2.75. The van der Waals surface area contributed by atoms with Gasteiger partial charge < -0.3 is 9.47 Å². The minimum absolute atomic E-state index is 0.223. The Kier molecular flexibility index (Phi) is 3.38. The van der Waals surface area contributed by atoms with E-state index in [2.05, 4.69) is 35.8 Å². The number of nitriles is 1. The lowest BCUT2D eigenvalue weighted by molar-refractivity contribution is 0.135. The molecule has 4 heteroatoms. The van der Waals surface area contributed by atoms with Crippen molar-refractivity contribution < 1.29 is 9.47 Å². The van der Waals surface area contributed by atoms with Crippen LogP contribution in [0.15, 0.2) is 40.9 Å². The summed E-state index contributed by atoms with van der Waals surface area (Å²) in [6, 6.07) is 13.4. The van der Waals surface area contributed by atoms with Gasteiger partial charge in [-0.25, -0.2) is 0 Å². The fraction of sp³-hybridized carbons (Fsp3) is 0.235. The van der Waals surface area contributed by atoms with E-state index < -0.39 is 0 Å². The number of benzene rings is 2. The molecule has 3 rings (SSSR count). The van der Waals surface area contributed by atoms with Crippen molar-refractivity contribution in [2.24, 2.45) is 0 Å². The fourth-order valence-electron chi connectivity index (χ4n) is 2.46. The predicted molar refractivity (Wildman–Crippen MR) is 83.8 cm³/mol. The van der Waals surface area contributed by atoms with Gasteiger partial charge in [0, 0.05) is 16.5 Å². The van der Waals surface area contributed by atoms with Crippen molar-refractivity contribution in [1.82, 2.24) is 0 Å². The van der Waals surface area contributed by atoms with E-state index in [9.17, 15) is 5.26 Å². The van der Waals surface area contributed by atoms with Crippen LogP contribution in [-0.4, -0.2) is 5.60 Å². The molecule has 0 spiro atoms. The van der Waals surface area contributed by atoms with Gasteiger partial charge in [-0.15, -0.1) is 0 Å². The first kappa shape index (κ1) is 14.0. The van der Waals surface area contributed by atoms with Crippen LogP contribution in [0.3, 0.4) is 0 Å². The van der Waals surface area contributed by atoms with Gasteiger partial charge in [-0.05, 0) is 38.1 Å². The highest BCUT2D eigenvalue weighted by molar-refractivity contribution is 9.10.